The molecular formula is C15H20N2O3. The summed E-state index contributed by atoms with van der Waals surface area (Å²) in [7, 11) is 1.51. The van der Waals surface area contributed by atoms with Gasteiger partial charge in [0.1, 0.15) is 11.5 Å². The van der Waals surface area contributed by atoms with Gasteiger partial charge in [-0.1, -0.05) is 13.8 Å². The molecule has 0 radical (unpaired) electrons. The molecule has 0 saturated heterocycles. The molecule has 0 bridgehead atoms. The Hall–Kier alpha value is -2.22. The number of hydrogen-bond acceptors (Lipinski definition) is 4. The summed E-state index contributed by atoms with van der Waals surface area (Å²) in [6, 6.07) is 7.02. The Labute approximate surface area is 119 Å². The maximum atomic E-state index is 11.7. The van der Waals surface area contributed by atoms with E-state index >= 15 is 0 Å². The van der Waals surface area contributed by atoms with Crippen molar-refractivity contribution in [2.45, 2.75) is 32.7 Å². The van der Waals surface area contributed by atoms with Crippen LogP contribution in [0, 0.1) is 11.3 Å². The minimum Gasteiger partial charge on any atom is -0.497 e. The second-order valence-electron chi connectivity index (χ2n) is 4.38. The molecule has 0 atom stereocenters. The third kappa shape index (κ3) is 4.81. The van der Waals surface area contributed by atoms with Gasteiger partial charge < -0.3 is 14.8 Å². The minimum absolute atomic E-state index is 0.0749. The highest BCUT2D eigenvalue weighted by Crippen LogP contribution is 2.22. The molecule has 0 spiro atoms. The Kier molecular flexibility index (Phi) is 6.38. The van der Waals surface area contributed by atoms with Gasteiger partial charge in [0.05, 0.1) is 18.7 Å². The molecular weight excluding hydrogens is 256 g/mol. The van der Waals surface area contributed by atoms with Crippen molar-refractivity contribution in [2.24, 2.45) is 0 Å². The number of hydrogen-bond donors (Lipinski definition) is 1. The lowest BCUT2D eigenvalue weighted by Gasteiger charge is -2.15. The quantitative estimate of drug-likeness (QED) is 0.829. The lowest BCUT2D eigenvalue weighted by atomic mass is 10.2. The number of benzene rings is 1. The third-order valence-electron chi connectivity index (χ3n) is 2.97. The summed E-state index contributed by atoms with van der Waals surface area (Å²) in [6.45, 7) is 3.97. The van der Waals surface area contributed by atoms with Crippen LogP contribution in [0.4, 0.5) is 0 Å². The van der Waals surface area contributed by atoms with E-state index in [1.807, 2.05) is 19.9 Å². The summed E-state index contributed by atoms with van der Waals surface area (Å²) in [4.78, 5) is 11.7. The first-order chi connectivity index (χ1) is 9.62. The van der Waals surface area contributed by atoms with Crippen molar-refractivity contribution in [1.29, 1.82) is 5.26 Å². The fourth-order valence-electron chi connectivity index (χ4n) is 1.75. The number of carbonyl (C=O) groups is 1. The van der Waals surface area contributed by atoms with Crippen LogP contribution in [0.1, 0.15) is 32.3 Å². The maximum Gasteiger partial charge on any atom is 0.258 e. The third-order valence-corrected chi connectivity index (χ3v) is 2.97. The van der Waals surface area contributed by atoms with Gasteiger partial charge >= 0.3 is 0 Å². The Bertz CT molecular complexity index is 490. The fourth-order valence-corrected chi connectivity index (χ4v) is 1.75. The van der Waals surface area contributed by atoms with E-state index in [0.29, 0.717) is 17.1 Å². The molecule has 0 aliphatic carbocycles. The predicted molar refractivity (Wildman–Crippen MR) is 75.7 cm³/mol. The van der Waals surface area contributed by atoms with Crippen molar-refractivity contribution in [2.75, 3.05) is 13.7 Å². The van der Waals surface area contributed by atoms with Crippen molar-refractivity contribution >= 4 is 5.91 Å². The number of nitrogens with zero attached hydrogens (tertiary/aromatic N) is 1. The highest BCUT2D eigenvalue weighted by Gasteiger charge is 2.09. The van der Waals surface area contributed by atoms with Gasteiger partial charge in [0.25, 0.3) is 5.91 Å². The Morgan fingerprint density at radius 3 is 2.50 bits per heavy atom. The first-order valence-electron chi connectivity index (χ1n) is 6.64. The van der Waals surface area contributed by atoms with E-state index in [-0.39, 0.29) is 18.6 Å². The lowest BCUT2D eigenvalue weighted by molar-refractivity contribution is -0.123. The first kappa shape index (κ1) is 15.8. The second kappa shape index (κ2) is 8.05. The summed E-state index contributed by atoms with van der Waals surface area (Å²) in [6.07, 6.45) is 1.78. The fraction of sp³-hybridized carbons (Fsp3) is 0.467. The smallest absolute Gasteiger partial charge is 0.258 e. The maximum absolute atomic E-state index is 11.7. The van der Waals surface area contributed by atoms with E-state index in [2.05, 4.69) is 5.32 Å². The molecule has 1 aromatic carbocycles. The lowest BCUT2D eigenvalue weighted by Crippen LogP contribution is -2.37. The summed E-state index contributed by atoms with van der Waals surface area (Å²) in [5, 5.41) is 11.8. The highest BCUT2D eigenvalue weighted by molar-refractivity contribution is 5.77. The molecule has 1 rings (SSSR count). The summed E-state index contributed by atoms with van der Waals surface area (Å²) < 4.78 is 10.5. The van der Waals surface area contributed by atoms with Crippen LogP contribution in [0.5, 0.6) is 11.5 Å². The van der Waals surface area contributed by atoms with Crippen LogP contribution in [0.15, 0.2) is 18.2 Å². The molecule has 0 saturated carbocycles. The van der Waals surface area contributed by atoms with Crippen LogP contribution in [0.2, 0.25) is 0 Å². The van der Waals surface area contributed by atoms with Crippen molar-refractivity contribution in [1.82, 2.24) is 5.32 Å². The molecule has 1 aromatic rings. The van der Waals surface area contributed by atoms with Gasteiger partial charge in [-0.05, 0) is 25.0 Å². The van der Waals surface area contributed by atoms with Gasteiger partial charge in [-0.2, -0.15) is 5.26 Å². The van der Waals surface area contributed by atoms with Crippen LogP contribution < -0.4 is 14.8 Å². The zero-order valence-electron chi connectivity index (χ0n) is 12.1. The zero-order chi connectivity index (χ0) is 15.0. The van der Waals surface area contributed by atoms with Gasteiger partial charge in [0, 0.05) is 12.1 Å². The Morgan fingerprint density at radius 1 is 1.30 bits per heavy atom. The molecule has 0 fully saturated rings. The average molecular weight is 276 g/mol. The standard InChI is InChI=1S/C15H20N2O3/c1-4-12(5-2)17-15(18)10-20-14-7-11(9-16)6-13(8-14)19-3/h6-8,12H,4-5,10H2,1-3H3,(H,17,18). The van der Waals surface area contributed by atoms with Crippen LogP contribution in [-0.4, -0.2) is 25.7 Å². The largest absolute Gasteiger partial charge is 0.497 e. The molecule has 0 aromatic heterocycles. The predicted octanol–water partition coefficient (Wildman–Crippen LogP) is 2.25. The van der Waals surface area contributed by atoms with Gasteiger partial charge in [0.15, 0.2) is 6.61 Å². The SMILES string of the molecule is CCC(CC)NC(=O)COc1cc(C#N)cc(OC)c1. The van der Waals surface area contributed by atoms with Crippen LogP contribution >= 0.6 is 0 Å². The summed E-state index contributed by atoms with van der Waals surface area (Å²) in [5.41, 5.74) is 0.430. The molecule has 1 amide bonds. The first-order valence-corrected chi connectivity index (χ1v) is 6.64. The Balaban J connectivity index is 2.61. The number of nitrogens with one attached hydrogen (secondary N) is 1. The van der Waals surface area contributed by atoms with E-state index in [1.165, 1.54) is 7.11 Å². The molecule has 0 aliphatic rings. The van der Waals surface area contributed by atoms with Crippen LogP contribution in [0.3, 0.4) is 0 Å². The zero-order valence-corrected chi connectivity index (χ0v) is 12.1. The van der Waals surface area contributed by atoms with Gasteiger partial charge in [-0.15, -0.1) is 0 Å². The van der Waals surface area contributed by atoms with E-state index < -0.39 is 0 Å². The minimum atomic E-state index is -0.167. The highest BCUT2D eigenvalue weighted by atomic mass is 16.5. The average Bonchev–Trinajstić information content (AvgIpc) is 2.50. The van der Waals surface area contributed by atoms with E-state index in [4.69, 9.17) is 14.7 Å². The molecule has 0 aliphatic heterocycles. The Morgan fingerprint density at radius 2 is 1.95 bits per heavy atom. The molecule has 1 N–H and O–H groups in total. The molecule has 0 unspecified atom stereocenters. The van der Waals surface area contributed by atoms with Crippen molar-refractivity contribution in [3.63, 3.8) is 0 Å². The number of amides is 1. The van der Waals surface area contributed by atoms with E-state index in [0.717, 1.165) is 12.8 Å². The van der Waals surface area contributed by atoms with Crippen LogP contribution in [-0.2, 0) is 4.79 Å². The van der Waals surface area contributed by atoms with Crippen molar-refractivity contribution < 1.29 is 14.3 Å². The number of carbonyl (C=O) groups excluding carboxylic acids is 1. The van der Waals surface area contributed by atoms with Crippen LogP contribution in [0.25, 0.3) is 0 Å². The number of ether oxygens (including phenoxy) is 2. The topological polar surface area (TPSA) is 71.3 Å². The van der Waals surface area contributed by atoms with Gasteiger partial charge in [-0.3, -0.25) is 4.79 Å². The van der Waals surface area contributed by atoms with Crippen molar-refractivity contribution in [3.05, 3.63) is 23.8 Å². The van der Waals surface area contributed by atoms with Gasteiger partial charge in [0.2, 0.25) is 0 Å². The number of nitriles is 1. The molecule has 20 heavy (non-hydrogen) atoms. The number of rotatable bonds is 7. The monoisotopic (exact) mass is 276 g/mol. The van der Waals surface area contributed by atoms with Gasteiger partial charge in [-0.25, -0.2) is 0 Å². The molecule has 108 valence electrons. The summed E-state index contributed by atoms with van der Waals surface area (Å²) in [5.74, 6) is 0.806. The molecule has 5 heteroatoms. The molecule has 5 nitrogen and oxygen atoms in total. The van der Waals surface area contributed by atoms with Crippen molar-refractivity contribution in [3.8, 4) is 17.6 Å². The molecule has 0 heterocycles. The normalized spacial score (nSPS) is 9.95. The summed E-state index contributed by atoms with van der Waals surface area (Å²) >= 11 is 0. The van der Waals surface area contributed by atoms with E-state index in [9.17, 15) is 4.79 Å². The second-order valence-corrected chi connectivity index (χ2v) is 4.38. The van der Waals surface area contributed by atoms with E-state index in [1.54, 1.807) is 18.2 Å². The number of methoxy groups -OCH3 is 1.